The molecule has 0 saturated heterocycles. The van der Waals surface area contributed by atoms with Crippen LogP contribution in [0.5, 0.6) is 5.75 Å². The van der Waals surface area contributed by atoms with E-state index in [4.69, 9.17) is 4.74 Å². The molecule has 1 N–H and O–H groups in total. The zero-order valence-electron chi connectivity index (χ0n) is 18.0. The number of rotatable bonds is 6. The molecular formula is C28H21BrN2O2. The number of carbonyl (C=O) groups is 1. The number of hydrogen-bond donors (Lipinski definition) is 1. The Bertz CT molecular complexity index is 1390. The van der Waals surface area contributed by atoms with Gasteiger partial charge in [0.1, 0.15) is 5.75 Å². The first-order valence-electron chi connectivity index (χ1n) is 10.4. The van der Waals surface area contributed by atoms with Crippen molar-refractivity contribution in [3.05, 3.63) is 106 Å². The topological polar surface area (TPSA) is 62.1 Å². The monoisotopic (exact) mass is 496 g/mol. The third-order valence-electron chi connectivity index (χ3n) is 5.14. The highest BCUT2D eigenvalue weighted by Crippen LogP contribution is 2.29. The molecule has 33 heavy (non-hydrogen) atoms. The molecule has 0 aromatic heterocycles. The number of benzene rings is 4. The molecular weight excluding hydrogens is 476 g/mol. The van der Waals surface area contributed by atoms with Crippen molar-refractivity contribution >= 4 is 49.9 Å². The number of hydrogen-bond acceptors (Lipinski definition) is 3. The van der Waals surface area contributed by atoms with Gasteiger partial charge in [0.2, 0.25) is 0 Å². The van der Waals surface area contributed by atoms with E-state index in [9.17, 15) is 10.1 Å². The Morgan fingerprint density at radius 2 is 1.76 bits per heavy atom. The maximum atomic E-state index is 12.2. The van der Waals surface area contributed by atoms with Gasteiger partial charge in [-0.15, -0.1) is 0 Å². The number of nitrogens with one attached hydrogen (secondary N) is 1. The molecule has 0 spiro atoms. The maximum absolute atomic E-state index is 12.2. The van der Waals surface area contributed by atoms with E-state index in [1.807, 2.05) is 91.9 Å². The minimum Gasteiger partial charge on any atom is -0.483 e. The second-order valence-corrected chi connectivity index (χ2v) is 8.48. The normalized spacial score (nSPS) is 11.1. The Hall–Kier alpha value is -3.88. The summed E-state index contributed by atoms with van der Waals surface area (Å²) in [6.07, 6.45) is 1.84. The molecule has 0 unspecified atom stereocenters. The number of allylic oxidation sites excluding steroid dienone is 1. The minimum atomic E-state index is -0.238. The lowest BCUT2D eigenvalue weighted by Crippen LogP contribution is -2.20. The van der Waals surface area contributed by atoms with E-state index >= 15 is 0 Å². The van der Waals surface area contributed by atoms with Crippen LogP contribution >= 0.6 is 15.9 Å². The molecule has 0 radical (unpaired) electrons. The summed E-state index contributed by atoms with van der Waals surface area (Å²) in [5.74, 6) is 0.313. The van der Waals surface area contributed by atoms with Gasteiger partial charge in [-0.2, -0.15) is 5.26 Å². The van der Waals surface area contributed by atoms with Gasteiger partial charge in [-0.25, -0.2) is 0 Å². The summed E-state index contributed by atoms with van der Waals surface area (Å²) in [4.78, 5) is 12.2. The Labute approximate surface area is 201 Å². The van der Waals surface area contributed by atoms with Crippen LogP contribution in [0.4, 0.5) is 5.69 Å². The summed E-state index contributed by atoms with van der Waals surface area (Å²) < 4.78 is 6.37. The van der Waals surface area contributed by atoms with Crippen molar-refractivity contribution in [1.29, 1.82) is 5.26 Å². The molecule has 0 fully saturated rings. The summed E-state index contributed by atoms with van der Waals surface area (Å²) >= 11 is 3.50. The van der Waals surface area contributed by atoms with Crippen molar-refractivity contribution in [2.24, 2.45) is 0 Å². The molecule has 5 heteroatoms. The predicted molar refractivity (Wildman–Crippen MR) is 137 cm³/mol. The summed E-state index contributed by atoms with van der Waals surface area (Å²) in [5, 5.41) is 14.8. The van der Waals surface area contributed by atoms with Crippen LogP contribution in [0.15, 0.2) is 89.4 Å². The molecule has 0 heterocycles. The number of anilines is 1. The first-order chi connectivity index (χ1) is 16.0. The van der Waals surface area contributed by atoms with Gasteiger partial charge < -0.3 is 10.1 Å². The van der Waals surface area contributed by atoms with E-state index in [1.54, 1.807) is 6.07 Å². The molecule has 0 bridgehead atoms. The lowest BCUT2D eigenvalue weighted by Gasteiger charge is -2.10. The molecule has 0 aliphatic heterocycles. The van der Waals surface area contributed by atoms with E-state index in [0.717, 1.165) is 33.2 Å². The van der Waals surface area contributed by atoms with Crippen molar-refractivity contribution in [3.63, 3.8) is 0 Å². The predicted octanol–water partition coefficient (Wildman–Crippen LogP) is 6.99. The van der Waals surface area contributed by atoms with Gasteiger partial charge in [0, 0.05) is 5.69 Å². The van der Waals surface area contributed by atoms with E-state index in [2.05, 4.69) is 27.3 Å². The van der Waals surface area contributed by atoms with Gasteiger partial charge in [-0.1, -0.05) is 60.2 Å². The lowest BCUT2D eigenvalue weighted by atomic mass is 10.0. The standard InChI is InChI=1S/C28H21BrN2O2/c1-19-6-11-25(12-7-19)31-28(32)18-33-27-13-8-20(15-26(27)29)14-24(17-30)23-10-9-21-4-2-3-5-22(21)16-23/h2-16H,18H2,1H3,(H,31,32)/b24-14-. The summed E-state index contributed by atoms with van der Waals surface area (Å²) in [5.41, 5.74) is 4.14. The molecule has 0 saturated carbocycles. The van der Waals surface area contributed by atoms with Crippen LogP contribution in [0.2, 0.25) is 0 Å². The van der Waals surface area contributed by atoms with Crippen LogP contribution < -0.4 is 10.1 Å². The van der Waals surface area contributed by atoms with Gasteiger partial charge in [0.15, 0.2) is 6.61 Å². The highest BCUT2D eigenvalue weighted by molar-refractivity contribution is 9.10. The van der Waals surface area contributed by atoms with Crippen LogP contribution in [0.25, 0.3) is 22.4 Å². The van der Waals surface area contributed by atoms with Gasteiger partial charge in [-0.3, -0.25) is 4.79 Å². The van der Waals surface area contributed by atoms with E-state index < -0.39 is 0 Å². The fraction of sp³-hybridized carbons (Fsp3) is 0.0714. The fourth-order valence-electron chi connectivity index (χ4n) is 3.40. The van der Waals surface area contributed by atoms with Crippen LogP contribution in [0.1, 0.15) is 16.7 Å². The third-order valence-corrected chi connectivity index (χ3v) is 5.76. The number of fused-ring (bicyclic) bond motifs is 1. The molecule has 0 aliphatic carbocycles. The minimum absolute atomic E-state index is 0.109. The first kappa shape index (κ1) is 22.3. The SMILES string of the molecule is Cc1ccc(NC(=O)COc2ccc(/C=C(/C#N)c3ccc4ccccc4c3)cc2Br)cc1. The summed E-state index contributed by atoms with van der Waals surface area (Å²) in [6, 6.07) is 29.4. The lowest BCUT2D eigenvalue weighted by molar-refractivity contribution is -0.118. The van der Waals surface area contributed by atoms with Crippen molar-refractivity contribution in [3.8, 4) is 11.8 Å². The van der Waals surface area contributed by atoms with E-state index in [1.165, 1.54) is 0 Å². The second kappa shape index (κ2) is 10.2. The maximum Gasteiger partial charge on any atom is 0.262 e. The number of nitrogens with zero attached hydrogens (tertiary/aromatic N) is 1. The highest BCUT2D eigenvalue weighted by Gasteiger charge is 2.08. The number of nitriles is 1. The summed E-state index contributed by atoms with van der Waals surface area (Å²) in [6.45, 7) is 1.88. The van der Waals surface area contributed by atoms with Crippen LogP contribution in [0, 0.1) is 18.3 Å². The Kier molecular flexibility index (Phi) is 6.87. The van der Waals surface area contributed by atoms with Crippen molar-refractivity contribution < 1.29 is 9.53 Å². The Morgan fingerprint density at radius 3 is 2.48 bits per heavy atom. The van der Waals surface area contributed by atoms with Gasteiger partial charge in [-0.05, 0) is 81.2 Å². The van der Waals surface area contributed by atoms with Crippen LogP contribution in [-0.4, -0.2) is 12.5 Å². The molecule has 1 amide bonds. The summed E-state index contributed by atoms with van der Waals surface area (Å²) in [7, 11) is 0. The number of halogens is 1. The van der Waals surface area contributed by atoms with E-state index in [0.29, 0.717) is 15.8 Å². The van der Waals surface area contributed by atoms with Crippen molar-refractivity contribution in [2.75, 3.05) is 11.9 Å². The molecule has 4 aromatic carbocycles. The second-order valence-electron chi connectivity index (χ2n) is 7.62. The van der Waals surface area contributed by atoms with Crippen LogP contribution in [-0.2, 0) is 4.79 Å². The van der Waals surface area contributed by atoms with E-state index in [-0.39, 0.29) is 12.5 Å². The Balaban J connectivity index is 1.45. The molecule has 4 aromatic rings. The largest absolute Gasteiger partial charge is 0.483 e. The Morgan fingerprint density at radius 1 is 1.00 bits per heavy atom. The average molecular weight is 497 g/mol. The van der Waals surface area contributed by atoms with Crippen molar-refractivity contribution in [2.45, 2.75) is 6.92 Å². The van der Waals surface area contributed by atoms with Gasteiger partial charge in [0.25, 0.3) is 5.91 Å². The quantitative estimate of drug-likeness (QED) is 0.231. The zero-order chi connectivity index (χ0) is 23.2. The number of amides is 1. The molecule has 0 atom stereocenters. The first-order valence-corrected chi connectivity index (χ1v) is 11.2. The zero-order valence-corrected chi connectivity index (χ0v) is 19.6. The molecule has 4 rings (SSSR count). The average Bonchev–Trinajstić information content (AvgIpc) is 2.83. The van der Waals surface area contributed by atoms with Gasteiger partial charge >= 0.3 is 0 Å². The molecule has 4 nitrogen and oxygen atoms in total. The third kappa shape index (κ3) is 5.68. The number of carbonyl (C=O) groups excluding carboxylic acids is 1. The number of aryl methyl sites for hydroxylation is 1. The van der Waals surface area contributed by atoms with Crippen molar-refractivity contribution in [1.82, 2.24) is 0 Å². The molecule has 0 aliphatic rings. The van der Waals surface area contributed by atoms with Crippen LogP contribution in [0.3, 0.4) is 0 Å². The number of ether oxygens (including phenoxy) is 1. The molecule has 162 valence electrons. The smallest absolute Gasteiger partial charge is 0.262 e. The highest BCUT2D eigenvalue weighted by atomic mass is 79.9. The van der Waals surface area contributed by atoms with Gasteiger partial charge in [0.05, 0.1) is 16.1 Å². The fourth-order valence-corrected chi connectivity index (χ4v) is 3.92.